The van der Waals surface area contributed by atoms with Crippen molar-refractivity contribution in [2.75, 3.05) is 7.11 Å². The lowest BCUT2D eigenvalue weighted by molar-refractivity contribution is 0.0592. The first-order chi connectivity index (χ1) is 8.20. The lowest BCUT2D eigenvalue weighted by Crippen LogP contribution is -2.05. The molecule has 86 valence electrons. The molecule has 0 atom stereocenters. The summed E-state index contributed by atoms with van der Waals surface area (Å²) in [6, 6.07) is 7.44. The van der Waals surface area contributed by atoms with Gasteiger partial charge in [-0.25, -0.2) is 9.18 Å². The van der Waals surface area contributed by atoms with Crippen LogP contribution in [0, 0.1) is 5.82 Å². The van der Waals surface area contributed by atoms with E-state index in [1.165, 1.54) is 25.4 Å². The van der Waals surface area contributed by atoms with Crippen LogP contribution < -0.4 is 0 Å². The Hall–Kier alpha value is -2.30. The van der Waals surface area contributed by atoms with Gasteiger partial charge in [-0.3, -0.25) is 0 Å². The van der Waals surface area contributed by atoms with Crippen LogP contribution in [0.1, 0.15) is 10.5 Å². The Morgan fingerprint density at radius 2 is 1.94 bits per heavy atom. The molecule has 1 heterocycles. The summed E-state index contributed by atoms with van der Waals surface area (Å²) in [4.78, 5) is 11.3. The van der Waals surface area contributed by atoms with Gasteiger partial charge in [-0.1, -0.05) is 12.1 Å². The Morgan fingerprint density at radius 3 is 2.59 bits per heavy atom. The maximum absolute atomic E-state index is 12.8. The van der Waals surface area contributed by atoms with Crippen LogP contribution in [0.15, 0.2) is 36.5 Å². The van der Waals surface area contributed by atoms with Gasteiger partial charge in [0, 0.05) is 5.56 Å². The zero-order valence-electron chi connectivity index (χ0n) is 9.05. The average molecular weight is 232 g/mol. The maximum Gasteiger partial charge on any atom is 0.358 e. The summed E-state index contributed by atoms with van der Waals surface area (Å²) in [6.07, 6.45) is 1.50. The highest BCUT2D eigenvalue weighted by Gasteiger charge is 2.09. The fourth-order valence-electron chi connectivity index (χ4n) is 1.37. The minimum atomic E-state index is -0.554. The Labute approximate surface area is 97.1 Å². The molecule has 0 bridgehead atoms. The normalized spacial score (nSPS) is 10.0. The van der Waals surface area contributed by atoms with E-state index in [0.717, 1.165) is 5.56 Å². The number of carbonyl (C=O) groups is 1. The summed E-state index contributed by atoms with van der Waals surface area (Å²) < 4.78 is 17.3. The number of esters is 1. The second-order valence-corrected chi connectivity index (χ2v) is 3.33. The number of methoxy groups -OCH3 is 1. The third-order valence-electron chi connectivity index (χ3n) is 2.23. The first kappa shape index (κ1) is 11.2. The van der Waals surface area contributed by atoms with Crippen LogP contribution in [-0.2, 0) is 4.74 Å². The van der Waals surface area contributed by atoms with E-state index in [1.54, 1.807) is 18.2 Å². The largest absolute Gasteiger partial charge is 0.464 e. The minimum absolute atomic E-state index is 0.120. The molecule has 1 aromatic heterocycles. The van der Waals surface area contributed by atoms with E-state index >= 15 is 0 Å². The predicted octanol–water partition coefficient (Wildman–Crippen LogP) is 2.07. The average Bonchev–Trinajstić information content (AvgIpc) is 2.39. The monoisotopic (exact) mass is 232 g/mol. The first-order valence-corrected chi connectivity index (χ1v) is 4.87. The summed E-state index contributed by atoms with van der Waals surface area (Å²) in [5.74, 6) is -0.870. The van der Waals surface area contributed by atoms with E-state index in [2.05, 4.69) is 14.9 Å². The molecule has 0 unspecified atom stereocenters. The molecular weight excluding hydrogens is 223 g/mol. The second-order valence-electron chi connectivity index (χ2n) is 3.33. The van der Waals surface area contributed by atoms with Crippen LogP contribution in [0.3, 0.4) is 0 Å². The number of hydrogen-bond donors (Lipinski definition) is 0. The summed E-state index contributed by atoms with van der Waals surface area (Å²) >= 11 is 0. The number of halogens is 1. The van der Waals surface area contributed by atoms with Crippen molar-refractivity contribution in [2.24, 2.45) is 0 Å². The van der Waals surface area contributed by atoms with E-state index in [9.17, 15) is 9.18 Å². The van der Waals surface area contributed by atoms with Crippen molar-refractivity contribution in [2.45, 2.75) is 0 Å². The van der Waals surface area contributed by atoms with E-state index in [-0.39, 0.29) is 11.5 Å². The molecule has 5 heteroatoms. The highest BCUT2D eigenvalue weighted by molar-refractivity contribution is 5.88. The van der Waals surface area contributed by atoms with Crippen LogP contribution in [0.25, 0.3) is 11.1 Å². The second kappa shape index (κ2) is 4.69. The molecule has 17 heavy (non-hydrogen) atoms. The fraction of sp³-hybridized carbons (Fsp3) is 0.0833. The molecule has 0 fully saturated rings. The highest BCUT2D eigenvalue weighted by Crippen LogP contribution is 2.19. The number of nitrogens with zero attached hydrogens (tertiary/aromatic N) is 2. The molecule has 0 aliphatic rings. The summed E-state index contributed by atoms with van der Waals surface area (Å²) in [5, 5.41) is 7.36. The van der Waals surface area contributed by atoms with Crippen molar-refractivity contribution in [1.82, 2.24) is 10.2 Å². The van der Waals surface area contributed by atoms with Gasteiger partial charge in [0.2, 0.25) is 0 Å². The lowest BCUT2D eigenvalue weighted by atomic mass is 10.1. The topological polar surface area (TPSA) is 52.1 Å². The Balaban J connectivity index is 2.39. The molecule has 4 nitrogen and oxygen atoms in total. The van der Waals surface area contributed by atoms with E-state index < -0.39 is 5.97 Å². The number of carbonyl (C=O) groups excluding carboxylic acids is 1. The van der Waals surface area contributed by atoms with Crippen LogP contribution in [0.4, 0.5) is 4.39 Å². The zero-order valence-corrected chi connectivity index (χ0v) is 9.05. The third-order valence-corrected chi connectivity index (χ3v) is 2.23. The molecular formula is C12H9FN2O2. The van der Waals surface area contributed by atoms with Gasteiger partial charge in [0.05, 0.1) is 13.3 Å². The van der Waals surface area contributed by atoms with E-state index in [0.29, 0.717) is 5.56 Å². The molecule has 0 spiro atoms. The quantitative estimate of drug-likeness (QED) is 0.744. The molecule has 0 aliphatic carbocycles. The molecule has 2 aromatic rings. The molecule has 0 radical (unpaired) electrons. The lowest BCUT2D eigenvalue weighted by Gasteiger charge is -2.02. The number of aromatic nitrogens is 2. The number of hydrogen-bond acceptors (Lipinski definition) is 4. The maximum atomic E-state index is 12.8. The molecule has 1 aromatic carbocycles. The highest BCUT2D eigenvalue weighted by atomic mass is 19.1. The van der Waals surface area contributed by atoms with Crippen molar-refractivity contribution >= 4 is 5.97 Å². The molecule has 0 saturated carbocycles. The Morgan fingerprint density at radius 1 is 1.24 bits per heavy atom. The molecule has 0 amide bonds. The van der Waals surface area contributed by atoms with Gasteiger partial charge in [-0.2, -0.15) is 5.10 Å². The van der Waals surface area contributed by atoms with Crippen molar-refractivity contribution in [3.05, 3.63) is 48.0 Å². The SMILES string of the molecule is COC(=O)c1cc(-c2ccc(F)cc2)cnn1. The number of benzene rings is 1. The van der Waals surface area contributed by atoms with Gasteiger partial charge in [0.15, 0.2) is 5.69 Å². The van der Waals surface area contributed by atoms with Gasteiger partial charge >= 0.3 is 5.97 Å². The summed E-state index contributed by atoms with van der Waals surface area (Å²) in [5.41, 5.74) is 1.56. The standard InChI is InChI=1S/C12H9FN2O2/c1-17-12(16)11-6-9(7-14-15-11)8-2-4-10(13)5-3-8/h2-7H,1H3. The van der Waals surface area contributed by atoms with Gasteiger partial charge in [0.25, 0.3) is 0 Å². The fourth-order valence-corrected chi connectivity index (χ4v) is 1.37. The van der Waals surface area contributed by atoms with Crippen LogP contribution in [0.5, 0.6) is 0 Å². The molecule has 2 rings (SSSR count). The van der Waals surface area contributed by atoms with Crippen molar-refractivity contribution < 1.29 is 13.9 Å². The molecule has 0 saturated heterocycles. The Kier molecular flexibility index (Phi) is 3.09. The van der Waals surface area contributed by atoms with Crippen LogP contribution >= 0.6 is 0 Å². The van der Waals surface area contributed by atoms with Crippen molar-refractivity contribution in [3.63, 3.8) is 0 Å². The zero-order chi connectivity index (χ0) is 12.3. The summed E-state index contributed by atoms with van der Waals surface area (Å²) in [6.45, 7) is 0. The van der Waals surface area contributed by atoms with E-state index in [4.69, 9.17) is 0 Å². The van der Waals surface area contributed by atoms with Gasteiger partial charge in [0.1, 0.15) is 5.82 Å². The smallest absolute Gasteiger partial charge is 0.358 e. The van der Waals surface area contributed by atoms with Gasteiger partial charge in [-0.05, 0) is 23.8 Å². The van der Waals surface area contributed by atoms with Crippen molar-refractivity contribution in [3.8, 4) is 11.1 Å². The minimum Gasteiger partial charge on any atom is -0.464 e. The van der Waals surface area contributed by atoms with Crippen LogP contribution in [0.2, 0.25) is 0 Å². The van der Waals surface area contributed by atoms with Crippen molar-refractivity contribution in [1.29, 1.82) is 0 Å². The third kappa shape index (κ3) is 2.44. The number of rotatable bonds is 2. The number of ether oxygens (including phenoxy) is 1. The summed E-state index contributed by atoms with van der Waals surface area (Å²) in [7, 11) is 1.27. The first-order valence-electron chi connectivity index (χ1n) is 4.87. The van der Waals surface area contributed by atoms with Gasteiger partial charge in [-0.15, -0.1) is 5.10 Å². The Bertz CT molecular complexity index is 540. The predicted molar refractivity (Wildman–Crippen MR) is 58.8 cm³/mol. The molecule has 0 aliphatic heterocycles. The van der Waals surface area contributed by atoms with E-state index in [1.807, 2.05) is 0 Å². The van der Waals surface area contributed by atoms with Crippen LogP contribution in [-0.4, -0.2) is 23.3 Å². The van der Waals surface area contributed by atoms with Gasteiger partial charge < -0.3 is 4.74 Å². The molecule has 0 N–H and O–H groups in total.